The van der Waals surface area contributed by atoms with Crippen molar-refractivity contribution in [1.82, 2.24) is 10.6 Å². The van der Waals surface area contributed by atoms with Crippen LogP contribution in [0.1, 0.15) is 39.2 Å². The number of rotatable bonds is 8. The lowest BCUT2D eigenvalue weighted by atomic mass is 10.0. The summed E-state index contributed by atoms with van der Waals surface area (Å²) in [5, 5.41) is 9.25. The van der Waals surface area contributed by atoms with E-state index in [9.17, 15) is 4.79 Å². The van der Waals surface area contributed by atoms with Gasteiger partial charge in [0, 0.05) is 24.3 Å². The van der Waals surface area contributed by atoms with Crippen LogP contribution in [0.5, 0.6) is 0 Å². The second kappa shape index (κ2) is 11.1. The number of nitrogens with one attached hydrogen (secondary N) is 3. The Balaban J connectivity index is 2.57. The third-order valence-corrected chi connectivity index (χ3v) is 3.75. The summed E-state index contributed by atoms with van der Waals surface area (Å²) >= 11 is 0. The molecule has 0 aliphatic heterocycles. The van der Waals surface area contributed by atoms with E-state index in [2.05, 4.69) is 40.7 Å². The van der Waals surface area contributed by atoms with Crippen LogP contribution in [-0.4, -0.2) is 31.5 Å². The molecule has 0 spiro atoms. The van der Waals surface area contributed by atoms with Gasteiger partial charge >= 0.3 is 0 Å². The molecule has 1 amide bonds. The van der Waals surface area contributed by atoms with E-state index in [1.54, 1.807) is 12.1 Å². The van der Waals surface area contributed by atoms with Gasteiger partial charge in [-0.05, 0) is 31.0 Å². The average molecular weight is 328 g/mol. The van der Waals surface area contributed by atoms with Gasteiger partial charge in [-0.3, -0.25) is 4.79 Å². The molecule has 5 heteroatoms. The normalized spacial score (nSPS) is 11.0. The molecule has 1 aromatic carbocycles. The molecule has 0 fully saturated rings. The molecule has 3 N–H and O–H groups in total. The summed E-state index contributed by atoms with van der Waals surface area (Å²) in [4.78, 5) is 16.4. The van der Waals surface area contributed by atoms with E-state index in [1.807, 2.05) is 19.1 Å². The van der Waals surface area contributed by atoms with Gasteiger partial charge in [0.15, 0.2) is 5.96 Å². The number of guanidine groups is 1. The third-order valence-electron chi connectivity index (χ3n) is 3.75. The van der Waals surface area contributed by atoms with E-state index >= 15 is 0 Å². The van der Waals surface area contributed by atoms with E-state index in [4.69, 9.17) is 6.42 Å². The van der Waals surface area contributed by atoms with Gasteiger partial charge < -0.3 is 16.0 Å². The Morgan fingerprint density at radius 2 is 2.00 bits per heavy atom. The van der Waals surface area contributed by atoms with Crippen molar-refractivity contribution in [2.75, 3.05) is 25.0 Å². The molecule has 24 heavy (non-hydrogen) atoms. The van der Waals surface area contributed by atoms with Gasteiger partial charge in [-0.15, -0.1) is 6.42 Å². The van der Waals surface area contributed by atoms with Crippen LogP contribution in [-0.2, 0) is 4.79 Å². The van der Waals surface area contributed by atoms with Crippen LogP contribution in [0.4, 0.5) is 5.69 Å². The Kier molecular flexibility index (Phi) is 9.06. The first kappa shape index (κ1) is 19.6. The average Bonchev–Trinajstić information content (AvgIpc) is 2.60. The molecule has 0 radical (unpaired) electrons. The van der Waals surface area contributed by atoms with Gasteiger partial charge in [0.25, 0.3) is 0 Å². The summed E-state index contributed by atoms with van der Waals surface area (Å²) in [5.41, 5.74) is 1.41. The van der Waals surface area contributed by atoms with Crippen molar-refractivity contribution in [1.29, 1.82) is 0 Å². The molecular weight excluding hydrogens is 300 g/mol. The van der Waals surface area contributed by atoms with Gasteiger partial charge in [-0.25, -0.2) is 4.99 Å². The highest BCUT2D eigenvalue weighted by atomic mass is 16.1. The van der Waals surface area contributed by atoms with E-state index in [-0.39, 0.29) is 12.5 Å². The standard InChI is InChI=1S/C19H28N4O/c1-5-15(6-2)13-21-19(20-8-4)22-14-18(24)23-17-11-9-10-16(7-3)12-17/h3,9-12,15H,5-6,8,13-14H2,1-2,4H3,(H,23,24)(H2,20,21,22). The van der Waals surface area contributed by atoms with Crippen LogP contribution >= 0.6 is 0 Å². The predicted octanol–water partition coefficient (Wildman–Crippen LogP) is 2.60. The Morgan fingerprint density at radius 1 is 1.25 bits per heavy atom. The van der Waals surface area contributed by atoms with Gasteiger partial charge in [0.05, 0.1) is 0 Å². The Hall–Kier alpha value is -2.48. The van der Waals surface area contributed by atoms with Crippen molar-refractivity contribution in [3.05, 3.63) is 29.8 Å². The van der Waals surface area contributed by atoms with Crippen molar-refractivity contribution in [2.24, 2.45) is 10.9 Å². The fraction of sp³-hybridized carbons (Fsp3) is 0.474. The van der Waals surface area contributed by atoms with Gasteiger partial charge in [0.2, 0.25) is 5.91 Å². The molecule has 0 heterocycles. The predicted molar refractivity (Wildman–Crippen MR) is 101 cm³/mol. The molecule has 1 rings (SSSR count). The zero-order chi connectivity index (χ0) is 17.8. The minimum atomic E-state index is -0.177. The van der Waals surface area contributed by atoms with Crippen molar-refractivity contribution >= 4 is 17.6 Å². The van der Waals surface area contributed by atoms with Crippen LogP contribution in [0.3, 0.4) is 0 Å². The van der Waals surface area contributed by atoms with Crippen molar-refractivity contribution in [3.63, 3.8) is 0 Å². The smallest absolute Gasteiger partial charge is 0.246 e. The van der Waals surface area contributed by atoms with Gasteiger partial charge in [0.1, 0.15) is 6.54 Å². The highest BCUT2D eigenvalue weighted by Crippen LogP contribution is 2.09. The summed E-state index contributed by atoms with van der Waals surface area (Å²) in [7, 11) is 0. The Bertz CT molecular complexity index is 585. The summed E-state index contributed by atoms with van der Waals surface area (Å²) < 4.78 is 0. The molecule has 5 nitrogen and oxygen atoms in total. The molecule has 0 aliphatic carbocycles. The third kappa shape index (κ3) is 7.19. The Morgan fingerprint density at radius 3 is 2.62 bits per heavy atom. The van der Waals surface area contributed by atoms with E-state index in [0.29, 0.717) is 17.6 Å². The van der Waals surface area contributed by atoms with E-state index in [1.165, 1.54) is 0 Å². The first-order valence-corrected chi connectivity index (χ1v) is 8.51. The number of aliphatic imine (C=N–C) groups is 1. The van der Waals surface area contributed by atoms with Crippen LogP contribution < -0.4 is 16.0 Å². The number of hydrogen-bond acceptors (Lipinski definition) is 2. The first-order chi connectivity index (χ1) is 11.6. The lowest BCUT2D eigenvalue weighted by Gasteiger charge is -2.16. The lowest BCUT2D eigenvalue weighted by molar-refractivity contribution is -0.114. The molecule has 130 valence electrons. The summed E-state index contributed by atoms with van der Waals surface area (Å²) in [6.07, 6.45) is 7.60. The monoisotopic (exact) mass is 328 g/mol. The van der Waals surface area contributed by atoms with E-state index in [0.717, 1.165) is 31.5 Å². The fourth-order valence-electron chi connectivity index (χ4n) is 2.20. The molecular formula is C19H28N4O. The van der Waals surface area contributed by atoms with Crippen LogP contribution in [0, 0.1) is 18.3 Å². The zero-order valence-corrected chi connectivity index (χ0v) is 14.9. The number of hydrogen-bond donors (Lipinski definition) is 3. The highest BCUT2D eigenvalue weighted by molar-refractivity contribution is 5.94. The number of carbonyl (C=O) groups is 1. The molecule has 0 saturated carbocycles. The van der Waals surface area contributed by atoms with Crippen molar-refractivity contribution in [2.45, 2.75) is 33.6 Å². The highest BCUT2D eigenvalue weighted by Gasteiger charge is 2.06. The molecule has 0 aliphatic rings. The zero-order valence-electron chi connectivity index (χ0n) is 14.9. The van der Waals surface area contributed by atoms with Gasteiger partial charge in [-0.1, -0.05) is 38.7 Å². The maximum absolute atomic E-state index is 12.0. The van der Waals surface area contributed by atoms with Crippen LogP contribution in [0.15, 0.2) is 29.3 Å². The SMILES string of the molecule is C#Cc1cccc(NC(=O)CN=C(NCC)NCC(CC)CC)c1. The number of benzene rings is 1. The molecule has 0 aromatic heterocycles. The minimum absolute atomic E-state index is 0.0541. The summed E-state index contributed by atoms with van der Waals surface area (Å²) in [6, 6.07) is 7.20. The second-order valence-electron chi connectivity index (χ2n) is 5.53. The number of carbonyl (C=O) groups excluding carboxylic acids is 1. The Labute approximate surface area is 145 Å². The first-order valence-electron chi connectivity index (χ1n) is 8.51. The molecule has 1 aromatic rings. The quantitative estimate of drug-likeness (QED) is 0.390. The largest absolute Gasteiger partial charge is 0.357 e. The second-order valence-corrected chi connectivity index (χ2v) is 5.53. The van der Waals surface area contributed by atoms with Crippen LogP contribution in [0.2, 0.25) is 0 Å². The summed E-state index contributed by atoms with van der Waals surface area (Å²) in [5.74, 6) is 3.64. The maximum atomic E-state index is 12.0. The number of nitrogens with zero attached hydrogens (tertiary/aromatic N) is 1. The molecule has 0 unspecified atom stereocenters. The number of anilines is 1. The fourth-order valence-corrected chi connectivity index (χ4v) is 2.20. The van der Waals surface area contributed by atoms with Gasteiger partial charge in [-0.2, -0.15) is 0 Å². The lowest BCUT2D eigenvalue weighted by Crippen LogP contribution is -2.40. The maximum Gasteiger partial charge on any atom is 0.246 e. The van der Waals surface area contributed by atoms with Crippen molar-refractivity contribution < 1.29 is 4.79 Å². The number of terminal acetylenes is 1. The van der Waals surface area contributed by atoms with Crippen LogP contribution in [0.25, 0.3) is 0 Å². The molecule has 0 atom stereocenters. The molecule has 0 bridgehead atoms. The molecule has 0 saturated heterocycles. The topological polar surface area (TPSA) is 65.5 Å². The van der Waals surface area contributed by atoms with Crippen molar-refractivity contribution in [3.8, 4) is 12.3 Å². The van der Waals surface area contributed by atoms with E-state index < -0.39 is 0 Å². The number of amides is 1. The minimum Gasteiger partial charge on any atom is -0.357 e. The summed E-state index contributed by atoms with van der Waals surface area (Å²) in [6.45, 7) is 8.01.